The molecule has 0 radical (unpaired) electrons. The number of benzene rings is 1. The third kappa shape index (κ3) is 7.35. The van der Waals surface area contributed by atoms with Gasteiger partial charge in [0.25, 0.3) is 0 Å². The molecule has 144 valence electrons. The summed E-state index contributed by atoms with van der Waals surface area (Å²) in [6.07, 6.45) is 2.43. The molecule has 0 unspecified atom stereocenters. The van der Waals surface area contributed by atoms with Gasteiger partial charge >= 0.3 is 12.6 Å². The Morgan fingerprint density at radius 2 is 2.04 bits per heavy atom. The number of ether oxygens (including phenoxy) is 2. The Kier molecular flexibility index (Phi) is 7.77. The predicted molar refractivity (Wildman–Crippen MR) is 92.1 cm³/mol. The summed E-state index contributed by atoms with van der Waals surface area (Å²) in [5.41, 5.74) is 0.189. The number of hydrogen-bond acceptors (Lipinski definition) is 5. The summed E-state index contributed by atoms with van der Waals surface area (Å²) in [5, 5.41) is 2.60. The first kappa shape index (κ1) is 20.1. The van der Waals surface area contributed by atoms with E-state index in [-0.39, 0.29) is 36.3 Å². The third-order valence-electron chi connectivity index (χ3n) is 3.90. The molecule has 26 heavy (non-hydrogen) atoms. The molecule has 0 saturated heterocycles. The number of hydrogen-bond donors (Lipinski definition) is 1. The van der Waals surface area contributed by atoms with E-state index < -0.39 is 6.61 Å². The number of esters is 1. The second kappa shape index (κ2) is 10.1. The van der Waals surface area contributed by atoms with Crippen molar-refractivity contribution in [1.82, 2.24) is 4.90 Å². The molecule has 8 heteroatoms. The van der Waals surface area contributed by atoms with Gasteiger partial charge < -0.3 is 14.8 Å². The molecule has 1 saturated carbocycles. The highest BCUT2D eigenvalue weighted by atomic mass is 19.3. The van der Waals surface area contributed by atoms with Crippen LogP contribution in [0, 0.1) is 5.92 Å². The lowest BCUT2D eigenvalue weighted by atomic mass is 10.2. The quantitative estimate of drug-likeness (QED) is 0.607. The van der Waals surface area contributed by atoms with Crippen molar-refractivity contribution in [2.45, 2.75) is 32.8 Å². The van der Waals surface area contributed by atoms with Gasteiger partial charge in [0.2, 0.25) is 5.91 Å². The zero-order chi connectivity index (χ0) is 18.9. The largest absolute Gasteiger partial charge is 0.466 e. The van der Waals surface area contributed by atoms with Crippen molar-refractivity contribution >= 4 is 17.6 Å². The van der Waals surface area contributed by atoms with Crippen molar-refractivity contribution in [3.05, 3.63) is 24.3 Å². The molecule has 0 spiro atoms. The number of halogens is 2. The highest BCUT2D eigenvalue weighted by Crippen LogP contribution is 2.30. The fourth-order valence-corrected chi connectivity index (χ4v) is 2.54. The van der Waals surface area contributed by atoms with E-state index in [1.807, 2.05) is 4.90 Å². The number of carbonyl (C=O) groups excluding carboxylic acids is 2. The second-order valence-electron chi connectivity index (χ2n) is 6.16. The van der Waals surface area contributed by atoms with Crippen LogP contribution < -0.4 is 10.1 Å². The standard InChI is InChI=1S/C18H24F2N2O4/c1-2-25-17(24)9-10-22(11-13-7-8-13)12-16(23)21-14-5-3-4-6-15(14)26-18(19)20/h3-6,13,18H,2,7-12H2,1H3,(H,21,23). The average molecular weight is 370 g/mol. The maximum atomic E-state index is 12.5. The molecular formula is C18H24F2N2O4. The zero-order valence-electron chi connectivity index (χ0n) is 14.7. The van der Waals surface area contributed by atoms with Gasteiger partial charge in [0, 0.05) is 13.1 Å². The average Bonchev–Trinajstić information content (AvgIpc) is 3.38. The highest BCUT2D eigenvalue weighted by molar-refractivity contribution is 5.93. The Morgan fingerprint density at radius 3 is 2.69 bits per heavy atom. The van der Waals surface area contributed by atoms with Gasteiger partial charge in [0.15, 0.2) is 0 Å². The van der Waals surface area contributed by atoms with Crippen LogP contribution in [-0.4, -0.2) is 49.6 Å². The zero-order valence-corrected chi connectivity index (χ0v) is 14.7. The lowest BCUT2D eigenvalue weighted by Gasteiger charge is -2.21. The van der Waals surface area contributed by atoms with Crippen LogP contribution in [0.4, 0.5) is 14.5 Å². The molecule has 0 aromatic heterocycles. The van der Waals surface area contributed by atoms with E-state index in [0.717, 1.165) is 19.4 Å². The lowest BCUT2D eigenvalue weighted by molar-refractivity contribution is -0.143. The SMILES string of the molecule is CCOC(=O)CCN(CC(=O)Nc1ccccc1OC(F)F)CC1CC1. The van der Waals surface area contributed by atoms with Crippen LogP contribution in [0.15, 0.2) is 24.3 Å². The molecule has 6 nitrogen and oxygen atoms in total. The fraction of sp³-hybridized carbons (Fsp3) is 0.556. The van der Waals surface area contributed by atoms with Crippen LogP contribution in [0.3, 0.4) is 0 Å². The van der Waals surface area contributed by atoms with E-state index in [1.54, 1.807) is 19.1 Å². The minimum atomic E-state index is -2.97. The van der Waals surface area contributed by atoms with Gasteiger partial charge in [-0.25, -0.2) is 0 Å². The Labute approximate surface area is 151 Å². The van der Waals surface area contributed by atoms with Crippen molar-refractivity contribution in [1.29, 1.82) is 0 Å². The number of nitrogens with zero attached hydrogens (tertiary/aromatic N) is 1. The second-order valence-corrected chi connectivity index (χ2v) is 6.16. The molecule has 0 heterocycles. The summed E-state index contributed by atoms with van der Waals surface area (Å²) in [7, 11) is 0. The maximum Gasteiger partial charge on any atom is 0.387 e. The molecule has 1 aliphatic carbocycles. The highest BCUT2D eigenvalue weighted by Gasteiger charge is 2.26. The third-order valence-corrected chi connectivity index (χ3v) is 3.90. The predicted octanol–water partition coefficient (Wildman–Crippen LogP) is 2.89. The van der Waals surface area contributed by atoms with Gasteiger partial charge in [-0.2, -0.15) is 8.78 Å². The summed E-state index contributed by atoms with van der Waals surface area (Å²) >= 11 is 0. The Hall–Kier alpha value is -2.22. The lowest BCUT2D eigenvalue weighted by Crippen LogP contribution is -2.36. The molecule has 1 amide bonds. The molecule has 0 atom stereocenters. The summed E-state index contributed by atoms with van der Waals surface area (Å²) in [5.74, 6) is -0.195. The fourth-order valence-electron chi connectivity index (χ4n) is 2.54. The molecule has 2 rings (SSSR count). The minimum absolute atomic E-state index is 0.0684. The number of amides is 1. The first-order chi connectivity index (χ1) is 12.5. The smallest absolute Gasteiger partial charge is 0.387 e. The molecule has 1 fully saturated rings. The first-order valence-electron chi connectivity index (χ1n) is 8.69. The van der Waals surface area contributed by atoms with Crippen LogP contribution >= 0.6 is 0 Å². The van der Waals surface area contributed by atoms with Crippen molar-refractivity contribution in [2.75, 3.05) is 31.6 Å². The van der Waals surface area contributed by atoms with Gasteiger partial charge in [0.1, 0.15) is 5.75 Å². The topological polar surface area (TPSA) is 67.9 Å². The Bertz CT molecular complexity index is 609. The van der Waals surface area contributed by atoms with Gasteiger partial charge in [-0.05, 0) is 37.8 Å². The normalized spacial score (nSPS) is 13.7. The molecule has 0 bridgehead atoms. The van der Waals surface area contributed by atoms with E-state index in [2.05, 4.69) is 10.1 Å². The van der Waals surface area contributed by atoms with Crippen molar-refractivity contribution in [3.8, 4) is 5.75 Å². The van der Waals surface area contributed by atoms with E-state index in [9.17, 15) is 18.4 Å². The van der Waals surface area contributed by atoms with Gasteiger partial charge in [-0.15, -0.1) is 0 Å². The monoisotopic (exact) mass is 370 g/mol. The van der Waals surface area contributed by atoms with Crippen LogP contribution in [0.25, 0.3) is 0 Å². The summed E-state index contributed by atoms with van der Waals surface area (Å²) in [6, 6.07) is 6.03. The number of alkyl halides is 2. The molecular weight excluding hydrogens is 346 g/mol. The van der Waals surface area contributed by atoms with Crippen LogP contribution in [0.5, 0.6) is 5.75 Å². The number of para-hydroxylation sites is 2. The van der Waals surface area contributed by atoms with Gasteiger partial charge in [-0.1, -0.05) is 12.1 Å². The van der Waals surface area contributed by atoms with Gasteiger partial charge in [-0.3, -0.25) is 14.5 Å². The number of carbonyl (C=O) groups is 2. The van der Waals surface area contributed by atoms with E-state index in [0.29, 0.717) is 19.1 Å². The van der Waals surface area contributed by atoms with Crippen LogP contribution in [-0.2, 0) is 14.3 Å². The van der Waals surface area contributed by atoms with Crippen LogP contribution in [0.1, 0.15) is 26.2 Å². The molecule has 1 aromatic carbocycles. The summed E-state index contributed by atoms with van der Waals surface area (Å²) in [4.78, 5) is 25.7. The molecule has 1 aliphatic rings. The van der Waals surface area contributed by atoms with E-state index in [4.69, 9.17) is 4.74 Å². The summed E-state index contributed by atoms with van der Waals surface area (Å²) < 4.78 is 34.2. The van der Waals surface area contributed by atoms with Crippen molar-refractivity contribution in [2.24, 2.45) is 5.92 Å². The summed E-state index contributed by atoms with van der Waals surface area (Å²) in [6.45, 7) is 0.303. The van der Waals surface area contributed by atoms with E-state index in [1.165, 1.54) is 12.1 Å². The molecule has 1 aromatic rings. The number of rotatable bonds is 11. The maximum absolute atomic E-state index is 12.5. The van der Waals surface area contributed by atoms with Crippen molar-refractivity contribution < 1.29 is 27.8 Å². The number of anilines is 1. The molecule has 1 N–H and O–H groups in total. The molecule has 0 aliphatic heterocycles. The minimum Gasteiger partial charge on any atom is -0.466 e. The van der Waals surface area contributed by atoms with Crippen molar-refractivity contribution in [3.63, 3.8) is 0 Å². The Morgan fingerprint density at radius 1 is 1.31 bits per heavy atom. The Balaban J connectivity index is 1.90. The van der Waals surface area contributed by atoms with Crippen LogP contribution in [0.2, 0.25) is 0 Å². The van der Waals surface area contributed by atoms with E-state index >= 15 is 0 Å². The first-order valence-corrected chi connectivity index (χ1v) is 8.69. The number of nitrogens with one attached hydrogen (secondary N) is 1. The van der Waals surface area contributed by atoms with Gasteiger partial charge in [0.05, 0.1) is 25.3 Å².